The Hall–Kier alpha value is -0.530. The maximum atomic E-state index is 6.20. The van der Waals surface area contributed by atoms with Crippen LogP contribution in [0.5, 0.6) is 0 Å². The van der Waals surface area contributed by atoms with Crippen molar-refractivity contribution in [3.63, 3.8) is 0 Å². The minimum absolute atomic E-state index is 0.341. The molecule has 0 aliphatic heterocycles. The number of halogens is 1. The standard InChI is InChI=1S/C18H30ClN/c1-3-4-5-6-7-8-9-12-15-20-16(2)17-13-10-11-14-18(17)19/h10-11,13-14,16,20H,3-9,12,15H2,1-2H3/t16-/m0/s1. The molecule has 0 saturated carbocycles. The number of rotatable bonds is 11. The van der Waals surface area contributed by atoms with Gasteiger partial charge in [0.2, 0.25) is 0 Å². The van der Waals surface area contributed by atoms with Crippen LogP contribution >= 0.6 is 11.6 Å². The van der Waals surface area contributed by atoms with Crippen molar-refractivity contribution in [3.05, 3.63) is 34.9 Å². The van der Waals surface area contributed by atoms with E-state index in [-0.39, 0.29) is 0 Å². The van der Waals surface area contributed by atoms with Crippen LogP contribution in [-0.2, 0) is 0 Å². The molecule has 1 aromatic rings. The molecule has 0 aliphatic rings. The average molecular weight is 296 g/mol. The Morgan fingerprint density at radius 1 is 0.950 bits per heavy atom. The molecule has 0 aromatic heterocycles. The van der Waals surface area contributed by atoms with Crippen molar-refractivity contribution in [2.24, 2.45) is 0 Å². The molecule has 1 atom stereocenters. The molecule has 20 heavy (non-hydrogen) atoms. The minimum Gasteiger partial charge on any atom is -0.310 e. The summed E-state index contributed by atoms with van der Waals surface area (Å²) < 4.78 is 0. The van der Waals surface area contributed by atoms with Crippen molar-refractivity contribution in [3.8, 4) is 0 Å². The van der Waals surface area contributed by atoms with E-state index in [9.17, 15) is 0 Å². The third-order valence-electron chi connectivity index (χ3n) is 3.85. The fourth-order valence-corrected chi connectivity index (χ4v) is 2.81. The first-order valence-electron chi connectivity index (χ1n) is 8.23. The molecule has 0 spiro atoms. The summed E-state index contributed by atoms with van der Waals surface area (Å²) in [4.78, 5) is 0. The maximum Gasteiger partial charge on any atom is 0.0453 e. The van der Waals surface area contributed by atoms with E-state index < -0.39 is 0 Å². The molecular formula is C18H30ClN. The summed E-state index contributed by atoms with van der Waals surface area (Å²) in [6.07, 6.45) is 11.0. The molecule has 0 radical (unpaired) electrons. The van der Waals surface area contributed by atoms with Gasteiger partial charge in [0.15, 0.2) is 0 Å². The Labute approximate surface area is 130 Å². The number of nitrogens with one attached hydrogen (secondary N) is 1. The van der Waals surface area contributed by atoms with Crippen LogP contribution in [0.15, 0.2) is 24.3 Å². The molecule has 0 unspecified atom stereocenters. The highest BCUT2D eigenvalue weighted by atomic mass is 35.5. The van der Waals surface area contributed by atoms with Gasteiger partial charge in [-0.15, -0.1) is 0 Å². The van der Waals surface area contributed by atoms with E-state index in [4.69, 9.17) is 11.6 Å². The number of unbranched alkanes of at least 4 members (excludes halogenated alkanes) is 7. The summed E-state index contributed by atoms with van der Waals surface area (Å²) in [7, 11) is 0. The Bertz CT molecular complexity index is 351. The van der Waals surface area contributed by atoms with Crippen molar-refractivity contribution in [2.75, 3.05) is 6.54 Å². The highest BCUT2D eigenvalue weighted by molar-refractivity contribution is 6.31. The normalized spacial score (nSPS) is 12.6. The van der Waals surface area contributed by atoms with Gasteiger partial charge in [-0.1, -0.05) is 81.7 Å². The van der Waals surface area contributed by atoms with E-state index >= 15 is 0 Å². The molecule has 1 N–H and O–H groups in total. The molecule has 1 aromatic carbocycles. The second-order valence-electron chi connectivity index (χ2n) is 5.67. The van der Waals surface area contributed by atoms with Crippen molar-refractivity contribution < 1.29 is 0 Å². The van der Waals surface area contributed by atoms with E-state index in [1.807, 2.05) is 12.1 Å². The van der Waals surface area contributed by atoms with Gasteiger partial charge in [-0.05, 0) is 31.5 Å². The van der Waals surface area contributed by atoms with Crippen LogP contribution in [0, 0.1) is 0 Å². The van der Waals surface area contributed by atoms with Crippen LogP contribution in [0.3, 0.4) is 0 Å². The lowest BCUT2D eigenvalue weighted by Gasteiger charge is -2.15. The summed E-state index contributed by atoms with van der Waals surface area (Å²) in [5.74, 6) is 0. The van der Waals surface area contributed by atoms with E-state index in [0.29, 0.717) is 6.04 Å². The highest BCUT2D eigenvalue weighted by Crippen LogP contribution is 2.22. The summed E-state index contributed by atoms with van der Waals surface area (Å²) in [5, 5.41) is 4.43. The lowest BCUT2D eigenvalue weighted by atomic mass is 10.1. The summed E-state index contributed by atoms with van der Waals surface area (Å²) in [6, 6.07) is 8.44. The Morgan fingerprint density at radius 3 is 2.20 bits per heavy atom. The first-order chi connectivity index (χ1) is 9.75. The Balaban J connectivity index is 2.03. The highest BCUT2D eigenvalue weighted by Gasteiger charge is 2.07. The largest absolute Gasteiger partial charge is 0.310 e. The topological polar surface area (TPSA) is 12.0 Å². The summed E-state index contributed by atoms with van der Waals surface area (Å²) in [5.41, 5.74) is 1.20. The first-order valence-corrected chi connectivity index (χ1v) is 8.61. The SMILES string of the molecule is CCCCCCCCCCN[C@@H](C)c1ccccc1Cl. The van der Waals surface area contributed by atoms with E-state index in [0.717, 1.165) is 11.6 Å². The van der Waals surface area contributed by atoms with Gasteiger partial charge in [-0.25, -0.2) is 0 Å². The predicted molar refractivity (Wildman–Crippen MR) is 90.5 cm³/mol. The minimum atomic E-state index is 0.341. The fourth-order valence-electron chi connectivity index (χ4n) is 2.51. The van der Waals surface area contributed by atoms with Crippen LogP contribution in [-0.4, -0.2) is 6.54 Å². The maximum absolute atomic E-state index is 6.20. The van der Waals surface area contributed by atoms with Crippen LogP contribution in [0.25, 0.3) is 0 Å². The second kappa shape index (κ2) is 11.2. The van der Waals surface area contributed by atoms with Gasteiger partial charge in [0.05, 0.1) is 0 Å². The van der Waals surface area contributed by atoms with E-state index in [1.165, 1.54) is 56.9 Å². The van der Waals surface area contributed by atoms with Crippen LogP contribution in [0.4, 0.5) is 0 Å². The zero-order chi connectivity index (χ0) is 14.6. The summed E-state index contributed by atoms with van der Waals surface area (Å²) in [6.45, 7) is 5.54. The Kier molecular flexibility index (Phi) is 9.78. The van der Waals surface area contributed by atoms with Crippen molar-refractivity contribution >= 4 is 11.6 Å². The molecule has 114 valence electrons. The van der Waals surface area contributed by atoms with Gasteiger partial charge in [0.1, 0.15) is 0 Å². The van der Waals surface area contributed by atoms with Crippen LogP contribution < -0.4 is 5.32 Å². The predicted octanol–water partition coefficient (Wildman–Crippen LogP) is 6.13. The summed E-state index contributed by atoms with van der Waals surface area (Å²) >= 11 is 6.20. The molecule has 0 bridgehead atoms. The molecule has 0 aliphatic carbocycles. The molecule has 0 amide bonds. The lowest BCUT2D eigenvalue weighted by Crippen LogP contribution is -2.20. The third-order valence-corrected chi connectivity index (χ3v) is 4.20. The van der Waals surface area contributed by atoms with E-state index in [1.54, 1.807) is 0 Å². The van der Waals surface area contributed by atoms with Gasteiger partial charge in [-0.2, -0.15) is 0 Å². The lowest BCUT2D eigenvalue weighted by molar-refractivity contribution is 0.521. The Morgan fingerprint density at radius 2 is 1.55 bits per heavy atom. The molecule has 0 saturated heterocycles. The zero-order valence-corrected chi connectivity index (χ0v) is 13.9. The first kappa shape index (κ1) is 17.5. The fraction of sp³-hybridized carbons (Fsp3) is 0.667. The molecule has 2 heteroatoms. The second-order valence-corrected chi connectivity index (χ2v) is 6.08. The van der Waals surface area contributed by atoms with Gasteiger partial charge in [0.25, 0.3) is 0 Å². The quantitative estimate of drug-likeness (QED) is 0.484. The number of hydrogen-bond donors (Lipinski definition) is 1. The van der Waals surface area contributed by atoms with Crippen molar-refractivity contribution in [1.82, 2.24) is 5.32 Å². The van der Waals surface area contributed by atoms with Gasteiger partial charge in [-0.3, -0.25) is 0 Å². The molecule has 0 heterocycles. The van der Waals surface area contributed by atoms with Gasteiger partial charge >= 0.3 is 0 Å². The molecule has 1 rings (SSSR count). The molecular weight excluding hydrogens is 266 g/mol. The zero-order valence-electron chi connectivity index (χ0n) is 13.1. The van der Waals surface area contributed by atoms with Crippen molar-refractivity contribution in [2.45, 2.75) is 71.3 Å². The average Bonchev–Trinajstić information content (AvgIpc) is 2.46. The number of hydrogen-bond acceptors (Lipinski definition) is 1. The smallest absolute Gasteiger partial charge is 0.0453 e. The monoisotopic (exact) mass is 295 g/mol. The van der Waals surface area contributed by atoms with Crippen molar-refractivity contribution in [1.29, 1.82) is 0 Å². The molecule has 0 fully saturated rings. The third kappa shape index (κ3) is 7.31. The van der Waals surface area contributed by atoms with Gasteiger partial charge in [0, 0.05) is 11.1 Å². The van der Waals surface area contributed by atoms with Crippen LogP contribution in [0.1, 0.15) is 76.8 Å². The number of benzene rings is 1. The molecule has 1 nitrogen and oxygen atoms in total. The van der Waals surface area contributed by atoms with E-state index in [2.05, 4.69) is 31.3 Å². The van der Waals surface area contributed by atoms with Crippen LogP contribution in [0.2, 0.25) is 5.02 Å². The van der Waals surface area contributed by atoms with Gasteiger partial charge < -0.3 is 5.32 Å².